The number of ketones is 1. The summed E-state index contributed by atoms with van der Waals surface area (Å²) in [6.07, 6.45) is 3.07. The number of halogens is 1. The highest BCUT2D eigenvalue weighted by molar-refractivity contribution is 6.13. The minimum Gasteiger partial charge on any atom is -0.289 e. The van der Waals surface area contributed by atoms with Gasteiger partial charge in [0.2, 0.25) is 0 Å². The summed E-state index contributed by atoms with van der Waals surface area (Å²) in [6, 6.07) is 4.16. The molecule has 1 nitrogen and oxygen atoms in total. The Morgan fingerprint density at radius 1 is 1.18 bits per heavy atom. The zero-order valence-electron chi connectivity index (χ0n) is 5.67. The van der Waals surface area contributed by atoms with E-state index < -0.39 is 0 Å². The van der Waals surface area contributed by atoms with Crippen LogP contribution in [0.4, 0.5) is 4.39 Å². The lowest BCUT2D eigenvalue weighted by Gasteiger charge is -1.94. The molecule has 0 aliphatic heterocycles. The van der Waals surface area contributed by atoms with E-state index in [4.69, 9.17) is 0 Å². The Morgan fingerprint density at radius 2 is 2.00 bits per heavy atom. The Morgan fingerprint density at radius 3 is 2.82 bits per heavy atom. The van der Waals surface area contributed by atoms with Crippen molar-refractivity contribution in [3.8, 4) is 0 Å². The predicted molar refractivity (Wildman–Crippen MR) is 39.8 cm³/mol. The normalized spacial score (nSPS) is 13.7. The molecule has 0 unspecified atom stereocenters. The lowest BCUT2D eigenvalue weighted by Crippen LogP contribution is -1.91. The zero-order valence-corrected chi connectivity index (χ0v) is 5.67. The minimum absolute atomic E-state index is 0.0417. The minimum atomic E-state index is -0.303. The van der Waals surface area contributed by atoms with Gasteiger partial charge in [-0.15, -0.1) is 0 Å². The van der Waals surface area contributed by atoms with Crippen LogP contribution >= 0.6 is 0 Å². The van der Waals surface area contributed by atoms with Crippen LogP contribution in [0.1, 0.15) is 15.9 Å². The Kier molecular flexibility index (Phi) is 1.15. The summed E-state index contributed by atoms with van der Waals surface area (Å²) in [5.41, 5.74) is 1.27. The topological polar surface area (TPSA) is 17.1 Å². The van der Waals surface area contributed by atoms with E-state index in [0.717, 1.165) is 0 Å². The fourth-order valence-corrected chi connectivity index (χ4v) is 1.15. The summed E-state index contributed by atoms with van der Waals surface area (Å²) in [6.45, 7) is 0. The van der Waals surface area contributed by atoms with Crippen LogP contribution in [0.2, 0.25) is 0 Å². The smallest absolute Gasteiger partial charge is 0.186 e. The Balaban J connectivity index is 2.66. The maximum atomic E-state index is 12.5. The van der Waals surface area contributed by atoms with E-state index in [-0.39, 0.29) is 11.6 Å². The first-order valence-corrected chi connectivity index (χ1v) is 3.29. The number of allylic oxidation sites excluding steroid dienone is 1. The van der Waals surface area contributed by atoms with Crippen molar-refractivity contribution in [3.63, 3.8) is 0 Å². The van der Waals surface area contributed by atoms with Gasteiger partial charge < -0.3 is 0 Å². The predicted octanol–water partition coefficient (Wildman–Crippen LogP) is 2.04. The zero-order chi connectivity index (χ0) is 7.84. The molecule has 2 rings (SSSR count). The molecule has 1 aliphatic rings. The van der Waals surface area contributed by atoms with Gasteiger partial charge in [-0.2, -0.15) is 0 Å². The van der Waals surface area contributed by atoms with Crippen molar-refractivity contribution in [2.75, 3.05) is 0 Å². The lowest BCUT2D eigenvalue weighted by molar-refractivity contribution is 0.105. The molecule has 0 saturated heterocycles. The van der Waals surface area contributed by atoms with Gasteiger partial charge in [-0.1, -0.05) is 6.08 Å². The van der Waals surface area contributed by atoms with E-state index in [9.17, 15) is 9.18 Å². The molecule has 0 amide bonds. The van der Waals surface area contributed by atoms with Crippen molar-refractivity contribution >= 4 is 11.9 Å². The van der Waals surface area contributed by atoms with Crippen LogP contribution in [-0.4, -0.2) is 5.78 Å². The first-order chi connectivity index (χ1) is 5.27. The first kappa shape index (κ1) is 6.28. The summed E-state index contributed by atoms with van der Waals surface area (Å²) in [7, 11) is 0. The van der Waals surface area contributed by atoms with Crippen LogP contribution in [-0.2, 0) is 0 Å². The van der Waals surface area contributed by atoms with E-state index in [0.29, 0.717) is 11.1 Å². The third kappa shape index (κ3) is 0.871. The average Bonchev–Trinajstić information content (AvgIpc) is 2.32. The molecule has 0 heterocycles. The van der Waals surface area contributed by atoms with Gasteiger partial charge in [0.15, 0.2) is 5.78 Å². The molecule has 0 N–H and O–H groups in total. The van der Waals surface area contributed by atoms with E-state index in [1.165, 1.54) is 24.3 Å². The number of carbonyl (C=O) groups excluding carboxylic acids is 1. The summed E-state index contributed by atoms with van der Waals surface area (Å²) < 4.78 is 12.5. The van der Waals surface area contributed by atoms with Crippen LogP contribution in [0.5, 0.6) is 0 Å². The molecular weight excluding hydrogens is 143 g/mol. The van der Waals surface area contributed by atoms with Gasteiger partial charge in [0, 0.05) is 5.56 Å². The Labute approximate surface area is 63.2 Å². The van der Waals surface area contributed by atoms with Crippen LogP contribution < -0.4 is 0 Å². The van der Waals surface area contributed by atoms with Crippen molar-refractivity contribution in [1.29, 1.82) is 0 Å². The van der Waals surface area contributed by atoms with Gasteiger partial charge in [-0.25, -0.2) is 4.39 Å². The molecule has 2 heteroatoms. The third-order valence-electron chi connectivity index (χ3n) is 1.69. The second kappa shape index (κ2) is 2.02. The van der Waals surface area contributed by atoms with Gasteiger partial charge in [0.1, 0.15) is 5.82 Å². The van der Waals surface area contributed by atoms with Gasteiger partial charge >= 0.3 is 0 Å². The molecule has 0 atom stereocenters. The summed E-state index contributed by atoms with van der Waals surface area (Å²) >= 11 is 0. The lowest BCUT2D eigenvalue weighted by atomic mass is 10.1. The molecule has 1 aliphatic carbocycles. The largest absolute Gasteiger partial charge is 0.289 e. The number of hydrogen-bond acceptors (Lipinski definition) is 1. The number of hydrogen-bond donors (Lipinski definition) is 0. The molecule has 1 aromatic carbocycles. The molecule has 0 bridgehead atoms. The molecule has 0 aromatic heterocycles. The second-order valence-corrected chi connectivity index (χ2v) is 2.43. The quantitative estimate of drug-likeness (QED) is 0.550. The number of carbonyl (C=O) groups is 1. The maximum Gasteiger partial charge on any atom is 0.186 e. The molecule has 0 fully saturated rings. The van der Waals surface area contributed by atoms with E-state index in [1.54, 1.807) is 6.08 Å². The summed E-state index contributed by atoms with van der Waals surface area (Å²) in [5, 5.41) is 0. The molecule has 0 radical (unpaired) electrons. The summed E-state index contributed by atoms with van der Waals surface area (Å²) in [5.74, 6) is -0.344. The van der Waals surface area contributed by atoms with Crippen molar-refractivity contribution < 1.29 is 9.18 Å². The average molecular weight is 148 g/mol. The molecule has 54 valence electrons. The van der Waals surface area contributed by atoms with Crippen molar-refractivity contribution in [3.05, 3.63) is 41.2 Å². The molecular formula is C9H5FO. The first-order valence-electron chi connectivity index (χ1n) is 3.29. The second-order valence-electron chi connectivity index (χ2n) is 2.43. The fourth-order valence-electron chi connectivity index (χ4n) is 1.15. The Hall–Kier alpha value is -1.44. The highest BCUT2D eigenvalue weighted by Gasteiger charge is 2.12. The van der Waals surface area contributed by atoms with Crippen molar-refractivity contribution in [2.45, 2.75) is 0 Å². The van der Waals surface area contributed by atoms with Crippen LogP contribution in [0.25, 0.3) is 6.08 Å². The molecule has 0 saturated carbocycles. The van der Waals surface area contributed by atoms with Crippen LogP contribution in [0, 0.1) is 5.82 Å². The SMILES string of the molecule is O=C1C=Cc2cc(F)ccc21. The third-order valence-corrected chi connectivity index (χ3v) is 1.69. The van der Waals surface area contributed by atoms with Gasteiger partial charge in [-0.05, 0) is 29.8 Å². The standard InChI is InChI=1S/C9H5FO/c10-7-2-3-8-6(5-7)1-4-9(8)11/h1-5H. The van der Waals surface area contributed by atoms with Gasteiger partial charge in [0.25, 0.3) is 0 Å². The highest BCUT2D eigenvalue weighted by atomic mass is 19.1. The Bertz CT molecular complexity index is 353. The monoisotopic (exact) mass is 148 g/mol. The highest BCUT2D eigenvalue weighted by Crippen LogP contribution is 2.19. The van der Waals surface area contributed by atoms with Gasteiger partial charge in [0.05, 0.1) is 0 Å². The summed E-state index contributed by atoms with van der Waals surface area (Å²) in [4.78, 5) is 11.0. The molecule has 1 aromatic rings. The fraction of sp³-hybridized carbons (Fsp3) is 0. The van der Waals surface area contributed by atoms with E-state index >= 15 is 0 Å². The van der Waals surface area contributed by atoms with Crippen molar-refractivity contribution in [1.82, 2.24) is 0 Å². The number of fused-ring (bicyclic) bond motifs is 1. The maximum absolute atomic E-state index is 12.5. The van der Waals surface area contributed by atoms with E-state index in [2.05, 4.69) is 0 Å². The van der Waals surface area contributed by atoms with E-state index in [1.807, 2.05) is 0 Å². The number of rotatable bonds is 0. The number of benzene rings is 1. The van der Waals surface area contributed by atoms with Crippen LogP contribution in [0.3, 0.4) is 0 Å². The van der Waals surface area contributed by atoms with Crippen LogP contribution in [0.15, 0.2) is 24.3 Å². The molecule has 11 heavy (non-hydrogen) atoms. The van der Waals surface area contributed by atoms with Gasteiger partial charge in [-0.3, -0.25) is 4.79 Å². The molecule has 0 spiro atoms. The van der Waals surface area contributed by atoms with Crippen molar-refractivity contribution in [2.24, 2.45) is 0 Å².